The predicted molar refractivity (Wildman–Crippen MR) is 94.7 cm³/mol. The molecule has 0 spiro atoms. The molecular formula is C19H25N3O4. The number of aromatic nitrogens is 1. The Kier molecular flexibility index (Phi) is 5.86. The molecule has 1 saturated carbocycles. The van der Waals surface area contributed by atoms with Gasteiger partial charge in [0.2, 0.25) is 0 Å². The second kappa shape index (κ2) is 7.73. The molecule has 0 aliphatic heterocycles. The van der Waals surface area contributed by atoms with Crippen LogP contribution in [0.15, 0.2) is 0 Å². The molecule has 1 aromatic rings. The number of aromatic amines is 1. The van der Waals surface area contributed by atoms with Crippen LogP contribution in [0.3, 0.4) is 0 Å². The lowest BCUT2D eigenvalue weighted by molar-refractivity contribution is -0.130. The van der Waals surface area contributed by atoms with Gasteiger partial charge in [-0.25, -0.2) is 4.79 Å². The number of rotatable bonds is 5. The molecule has 1 heterocycles. The van der Waals surface area contributed by atoms with Crippen LogP contribution < -0.4 is 5.32 Å². The maximum absolute atomic E-state index is 12.4. The van der Waals surface area contributed by atoms with Crippen LogP contribution in [0.1, 0.15) is 78.1 Å². The van der Waals surface area contributed by atoms with Gasteiger partial charge < -0.3 is 15.0 Å². The number of nitrogens with zero attached hydrogens (tertiary/aromatic N) is 1. The van der Waals surface area contributed by atoms with Crippen LogP contribution in [0.2, 0.25) is 0 Å². The van der Waals surface area contributed by atoms with Crippen molar-refractivity contribution in [2.24, 2.45) is 0 Å². The first-order chi connectivity index (χ1) is 12.2. The van der Waals surface area contributed by atoms with Crippen molar-refractivity contribution in [1.82, 2.24) is 10.3 Å². The number of ketones is 1. The van der Waals surface area contributed by atoms with Gasteiger partial charge in [-0.1, -0.05) is 19.3 Å². The van der Waals surface area contributed by atoms with Gasteiger partial charge in [-0.2, -0.15) is 5.26 Å². The topological polar surface area (TPSA) is 112 Å². The summed E-state index contributed by atoms with van der Waals surface area (Å²) in [7, 11) is 0. The quantitative estimate of drug-likeness (QED) is 0.620. The lowest BCUT2D eigenvalue weighted by atomic mass is 9.83. The largest absolute Gasteiger partial charge is 0.448 e. The van der Waals surface area contributed by atoms with Gasteiger partial charge in [-0.3, -0.25) is 9.59 Å². The van der Waals surface area contributed by atoms with E-state index < -0.39 is 23.5 Å². The van der Waals surface area contributed by atoms with Crippen LogP contribution in [-0.4, -0.2) is 34.3 Å². The first kappa shape index (κ1) is 19.7. The molecular weight excluding hydrogens is 334 g/mol. The standard InChI is InChI=1S/C19H25N3O4/c1-11-15(13(3)23)12(2)21-16(11)18(25)26-14(4)17(24)22-19(10-20)8-6-5-7-9-19/h14,21H,5-9H2,1-4H3,(H,22,24)/t14-/m0/s1. The summed E-state index contributed by atoms with van der Waals surface area (Å²) in [6.45, 7) is 6.27. The molecule has 7 nitrogen and oxygen atoms in total. The number of hydrogen-bond donors (Lipinski definition) is 2. The van der Waals surface area contributed by atoms with E-state index in [1.54, 1.807) is 13.8 Å². The highest BCUT2D eigenvalue weighted by molar-refractivity contribution is 6.01. The van der Waals surface area contributed by atoms with Crippen LogP contribution >= 0.6 is 0 Å². The molecule has 1 aromatic heterocycles. The van der Waals surface area contributed by atoms with Gasteiger partial charge in [0.05, 0.1) is 6.07 Å². The summed E-state index contributed by atoms with van der Waals surface area (Å²) in [6.07, 6.45) is 2.99. The minimum absolute atomic E-state index is 0.144. The van der Waals surface area contributed by atoms with Gasteiger partial charge in [0.25, 0.3) is 5.91 Å². The molecule has 1 fully saturated rings. The summed E-state index contributed by atoms with van der Waals surface area (Å²) in [5, 5.41) is 12.2. The average molecular weight is 359 g/mol. The van der Waals surface area contributed by atoms with Crippen molar-refractivity contribution in [3.05, 3.63) is 22.5 Å². The van der Waals surface area contributed by atoms with Crippen molar-refractivity contribution in [1.29, 1.82) is 5.26 Å². The molecule has 2 N–H and O–H groups in total. The second-order valence-corrected chi connectivity index (χ2v) is 6.97. The number of carbonyl (C=O) groups is 3. The fourth-order valence-corrected chi connectivity index (χ4v) is 3.51. The van der Waals surface area contributed by atoms with Crippen molar-refractivity contribution in [3.8, 4) is 6.07 Å². The molecule has 140 valence electrons. The van der Waals surface area contributed by atoms with Crippen molar-refractivity contribution in [3.63, 3.8) is 0 Å². The smallest absolute Gasteiger partial charge is 0.355 e. The van der Waals surface area contributed by atoms with Gasteiger partial charge in [-0.15, -0.1) is 0 Å². The number of H-pyrrole nitrogens is 1. The van der Waals surface area contributed by atoms with Gasteiger partial charge in [0, 0.05) is 11.3 Å². The number of nitrogens with one attached hydrogen (secondary N) is 2. The van der Waals surface area contributed by atoms with E-state index in [2.05, 4.69) is 16.4 Å². The Morgan fingerprint density at radius 3 is 2.35 bits per heavy atom. The fourth-order valence-electron chi connectivity index (χ4n) is 3.51. The number of ether oxygens (including phenoxy) is 1. The number of amides is 1. The van der Waals surface area contributed by atoms with E-state index >= 15 is 0 Å². The highest BCUT2D eigenvalue weighted by Gasteiger charge is 2.35. The SMILES string of the molecule is CC(=O)c1c(C)[nH]c(C(=O)O[C@@H](C)C(=O)NC2(C#N)CCCCC2)c1C. The number of Topliss-reactive ketones (excluding diaryl/α,β-unsaturated/α-hetero) is 1. The summed E-state index contributed by atoms with van der Waals surface area (Å²) in [5.41, 5.74) is 0.842. The van der Waals surface area contributed by atoms with Gasteiger partial charge in [0.1, 0.15) is 11.2 Å². The van der Waals surface area contributed by atoms with Crippen LogP contribution in [0.5, 0.6) is 0 Å². The van der Waals surface area contributed by atoms with Crippen molar-refractivity contribution >= 4 is 17.7 Å². The first-order valence-electron chi connectivity index (χ1n) is 8.85. The molecule has 2 rings (SSSR count). The third-order valence-electron chi connectivity index (χ3n) is 4.93. The number of esters is 1. The minimum Gasteiger partial charge on any atom is -0.448 e. The zero-order chi connectivity index (χ0) is 19.5. The van der Waals surface area contributed by atoms with Crippen LogP contribution in [0, 0.1) is 25.2 Å². The zero-order valence-corrected chi connectivity index (χ0v) is 15.7. The molecule has 1 atom stereocenters. The van der Waals surface area contributed by atoms with Gasteiger partial charge >= 0.3 is 5.97 Å². The maximum atomic E-state index is 12.4. The van der Waals surface area contributed by atoms with Crippen molar-refractivity contribution in [2.45, 2.75) is 71.4 Å². The van der Waals surface area contributed by atoms with Crippen LogP contribution in [-0.2, 0) is 9.53 Å². The van der Waals surface area contributed by atoms with E-state index in [0.29, 0.717) is 29.7 Å². The summed E-state index contributed by atoms with van der Waals surface area (Å²) >= 11 is 0. The lowest BCUT2D eigenvalue weighted by Gasteiger charge is -2.32. The Balaban J connectivity index is 2.07. The van der Waals surface area contributed by atoms with E-state index in [4.69, 9.17) is 4.74 Å². The van der Waals surface area contributed by atoms with Crippen LogP contribution in [0.25, 0.3) is 0 Å². The summed E-state index contributed by atoms with van der Waals surface area (Å²) < 4.78 is 5.26. The Morgan fingerprint density at radius 2 is 1.85 bits per heavy atom. The molecule has 7 heteroatoms. The zero-order valence-electron chi connectivity index (χ0n) is 15.7. The Morgan fingerprint density at radius 1 is 1.23 bits per heavy atom. The third kappa shape index (κ3) is 3.96. The second-order valence-electron chi connectivity index (χ2n) is 6.97. The van der Waals surface area contributed by atoms with E-state index in [9.17, 15) is 19.6 Å². The van der Waals surface area contributed by atoms with E-state index in [1.165, 1.54) is 13.8 Å². The molecule has 1 aliphatic rings. The van der Waals surface area contributed by atoms with E-state index in [0.717, 1.165) is 19.3 Å². The van der Waals surface area contributed by atoms with Gasteiger partial charge in [0.15, 0.2) is 11.9 Å². The third-order valence-corrected chi connectivity index (χ3v) is 4.93. The average Bonchev–Trinajstić information content (AvgIpc) is 2.90. The summed E-state index contributed by atoms with van der Waals surface area (Å²) in [4.78, 5) is 39.3. The Bertz CT molecular complexity index is 766. The minimum atomic E-state index is -1.04. The normalized spacial score (nSPS) is 17.0. The molecule has 26 heavy (non-hydrogen) atoms. The molecule has 0 aromatic carbocycles. The highest BCUT2D eigenvalue weighted by atomic mass is 16.5. The summed E-state index contributed by atoms with van der Waals surface area (Å²) in [6, 6.07) is 2.20. The van der Waals surface area contributed by atoms with E-state index in [1.807, 2.05) is 0 Å². The number of hydrogen-bond acceptors (Lipinski definition) is 5. The highest BCUT2D eigenvalue weighted by Crippen LogP contribution is 2.27. The van der Waals surface area contributed by atoms with Crippen LogP contribution in [0.4, 0.5) is 0 Å². The monoisotopic (exact) mass is 359 g/mol. The lowest BCUT2D eigenvalue weighted by Crippen LogP contribution is -2.52. The Labute approximate surface area is 153 Å². The number of aryl methyl sites for hydroxylation is 1. The van der Waals surface area contributed by atoms with E-state index in [-0.39, 0.29) is 11.5 Å². The predicted octanol–water partition coefficient (Wildman–Crippen LogP) is 2.72. The van der Waals surface area contributed by atoms with Crippen molar-refractivity contribution in [2.75, 3.05) is 0 Å². The molecule has 1 aliphatic carbocycles. The van der Waals surface area contributed by atoms with Crippen molar-refractivity contribution < 1.29 is 19.1 Å². The Hall–Kier alpha value is -2.62. The first-order valence-corrected chi connectivity index (χ1v) is 8.85. The number of nitriles is 1. The summed E-state index contributed by atoms with van der Waals surface area (Å²) in [5.74, 6) is -1.33. The molecule has 1 amide bonds. The fraction of sp³-hybridized carbons (Fsp3) is 0.579. The number of carbonyl (C=O) groups excluding carboxylic acids is 3. The molecule has 0 radical (unpaired) electrons. The van der Waals surface area contributed by atoms with Gasteiger partial charge in [-0.05, 0) is 46.1 Å². The molecule has 0 unspecified atom stereocenters. The molecule has 0 bridgehead atoms. The molecule has 0 saturated heterocycles. The maximum Gasteiger partial charge on any atom is 0.355 e.